The van der Waals surface area contributed by atoms with E-state index >= 15 is 0 Å². The summed E-state index contributed by atoms with van der Waals surface area (Å²) in [7, 11) is 1.75. The Morgan fingerprint density at radius 1 is 1.00 bits per heavy atom. The highest BCUT2D eigenvalue weighted by atomic mass is 16.5. The van der Waals surface area contributed by atoms with Gasteiger partial charge in [-0.15, -0.1) is 4.99 Å². The molecule has 0 atom stereocenters. The van der Waals surface area contributed by atoms with Gasteiger partial charge in [0.05, 0.1) is 5.56 Å². The van der Waals surface area contributed by atoms with Crippen LogP contribution in [0.15, 0.2) is 89.9 Å². The van der Waals surface area contributed by atoms with Gasteiger partial charge in [-0.2, -0.15) is 5.26 Å². The Balaban J connectivity index is 1.45. The van der Waals surface area contributed by atoms with E-state index < -0.39 is 0 Å². The third-order valence-electron chi connectivity index (χ3n) is 7.02. The fraction of sp³-hybridized carbons (Fsp3) is 0.300. The van der Waals surface area contributed by atoms with Crippen molar-refractivity contribution in [2.45, 2.75) is 43.7 Å². The first-order valence-corrected chi connectivity index (χ1v) is 12.6. The number of carbonyl (C=O) groups is 1. The second-order valence-electron chi connectivity index (χ2n) is 9.33. The van der Waals surface area contributed by atoms with Gasteiger partial charge in [0.25, 0.3) is 5.91 Å². The first kappa shape index (κ1) is 25.8. The van der Waals surface area contributed by atoms with Crippen LogP contribution in [0, 0.1) is 11.5 Å². The normalized spacial score (nSPS) is 19.4. The zero-order valence-corrected chi connectivity index (χ0v) is 21.1. The Labute approximate surface area is 218 Å². The molecule has 190 valence electrons. The molecule has 0 saturated heterocycles. The van der Waals surface area contributed by atoms with Crippen molar-refractivity contribution in [1.29, 1.82) is 5.26 Å². The smallest absolute Gasteiger partial charge is 0.255 e. The van der Waals surface area contributed by atoms with Gasteiger partial charge in [0.1, 0.15) is 12.4 Å². The predicted octanol–water partition coefficient (Wildman–Crippen LogP) is 4.52. The number of benzene rings is 3. The van der Waals surface area contributed by atoms with Crippen molar-refractivity contribution in [2.24, 2.45) is 4.99 Å². The molecule has 1 saturated carbocycles. The highest BCUT2D eigenvalue weighted by Crippen LogP contribution is 2.39. The number of para-hydroxylation sites is 1. The lowest BCUT2D eigenvalue weighted by atomic mass is 9.68. The maximum absolute atomic E-state index is 13.4. The summed E-state index contributed by atoms with van der Waals surface area (Å²) in [6.45, 7) is 0.929. The van der Waals surface area contributed by atoms with Gasteiger partial charge in [-0.05, 0) is 48.9 Å². The minimum atomic E-state index is -0.179. The molecular weight excluding hydrogens is 462 g/mol. The summed E-state index contributed by atoms with van der Waals surface area (Å²) in [6, 6.07) is 27.9. The summed E-state index contributed by atoms with van der Waals surface area (Å²) in [4.78, 5) is 17.2. The van der Waals surface area contributed by atoms with Crippen molar-refractivity contribution >= 4 is 11.9 Å². The fourth-order valence-corrected chi connectivity index (χ4v) is 4.94. The summed E-state index contributed by atoms with van der Waals surface area (Å²) in [5.41, 5.74) is 2.62. The van der Waals surface area contributed by atoms with Crippen molar-refractivity contribution in [3.63, 3.8) is 0 Å². The van der Waals surface area contributed by atoms with Crippen molar-refractivity contribution in [2.75, 3.05) is 13.6 Å². The molecule has 1 aliphatic carbocycles. The fourth-order valence-electron chi connectivity index (χ4n) is 4.94. The van der Waals surface area contributed by atoms with E-state index in [0.717, 1.165) is 31.2 Å². The van der Waals surface area contributed by atoms with E-state index in [1.165, 1.54) is 5.56 Å². The molecule has 3 aromatic rings. The molecule has 0 heterocycles. The number of rotatable bonds is 8. The number of hydrogen-bond donors (Lipinski definition) is 3. The van der Waals surface area contributed by atoms with Crippen molar-refractivity contribution in [3.8, 4) is 11.9 Å². The second kappa shape index (κ2) is 12.6. The van der Waals surface area contributed by atoms with Crippen LogP contribution in [0.25, 0.3) is 0 Å². The van der Waals surface area contributed by atoms with Crippen LogP contribution in [0.3, 0.4) is 0 Å². The average Bonchev–Trinajstić information content (AvgIpc) is 2.96. The molecule has 0 spiro atoms. The number of hydrogen-bond acceptors (Lipinski definition) is 4. The molecule has 0 radical (unpaired) electrons. The van der Waals surface area contributed by atoms with Crippen LogP contribution < -0.4 is 20.7 Å². The lowest BCUT2D eigenvalue weighted by Crippen LogP contribution is -2.49. The molecule has 7 nitrogen and oxygen atoms in total. The summed E-state index contributed by atoms with van der Waals surface area (Å²) in [5.74, 6) is 0.917. The van der Waals surface area contributed by atoms with Gasteiger partial charge in [0.2, 0.25) is 12.2 Å². The maximum Gasteiger partial charge on any atom is 0.255 e. The molecule has 0 unspecified atom stereocenters. The van der Waals surface area contributed by atoms with Gasteiger partial charge in [0, 0.05) is 25.0 Å². The average molecular weight is 496 g/mol. The van der Waals surface area contributed by atoms with Crippen LogP contribution in [-0.2, 0) is 12.0 Å². The number of carbonyl (C=O) groups excluding carboxylic acids is 1. The first-order chi connectivity index (χ1) is 18.1. The summed E-state index contributed by atoms with van der Waals surface area (Å²) < 4.78 is 6.02. The van der Waals surface area contributed by atoms with Crippen LogP contribution >= 0.6 is 0 Å². The van der Waals surface area contributed by atoms with Crippen LogP contribution in [-0.4, -0.2) is 31.5 Å². The number of aliphatic imine (C=N–C) groups is 1. The number of guanidine groups is 1. The van der Waals surface area contributed by atoms with Gasteiger partial charge in [-0.1, -0.05) is 72.8 Å². The van der Waals surface area contributed by atoms with E-state index in [0.29, 0.717) is 30.4 Å². The molecule has 37 heavy (non-hydrogen) atoms. The van der Waals surface area contributed by atoms with E-state index in [1.54, 1.807) is 13.1 Å². The molecule has 1 aliphatic rings. The number of nitrogens with zero attached hydrogens (tertiary/aromatic N) is 2. The topological polar surface area (TPSA) is 98.5 Å². The van der Waals surface area contributed by atoms with E-state index in [4.69, 9.17) is 10.00 Å². The van der Waals surface area contributed by atoms with Crippen molar-refractivity contribution in [3.05, 3.63) is 102 Å². The number of amides is 1. The molecule has 1 fully saturated rings. The molecule has 4 rings (SSSR count). The van der Waals surface area contributed by atoms with Crippen molar-refractivity contribution in [1.82, 2.24) is 16.0 Å². The SMILES string of the molecule is CN/C(=N\C#N)N[C@H]1CC[C@](CNC(=O)c2ccccc2OCc2ccccc2)(c2ccccc2)CC1. The second-order valence-corrected chi connectivity index (χ2v) is 9.33. The number of ether oxygens (including phenoxy) is 1. The Bertz CT molecular complexity index is 1230. The lowest BCUT2D eigenvalue weighted by Gasteiger charge is -2.41. The lowest BCUT2D eigenvalue weighted by molar-refractivity contribution is 0.0930. The Morgan fingerprint density at radius 2 is 1.65 bits per heavy atom. The van der Waals surface area contributed by atoms with Gasteiger partial charge < -0.3 is 20.7 Å². The first-order valence-electron chi connectivity index (χ1n) is 12.6. The zero-order valence-electron chi connectivity index (χ0n) is 21.1. The largest absolute Gasteiger partial charge is 0.488 e. The Morgan fingerprint density at radius 3 is 2.32 bits per heavy atom. The zero-order chi connectivity index (χ0) is 25.9. The molecule has 1 amide bonds. The quantitative estimate of drug-likeness (QED) is 0.242. The van der Waals surface area contributed by atoms with Gasteiger partial charge in [-0.3, -0.25) is 4.79 Å². The van der Waals surface area contributed by atoms with E-state index in [2.05, 4.69) is 45.2 Å². The standard InChI is InChI=1S/C30H33N5O2/c1-32-29(34-22-31)35-25-16-18-30(19-17-25,24-12-6-3-7-13-24)21-33-28(36)26-14-8-9-15-27(26)37-20-23-10-4-2-5-11-23/h2-15,25H,16-21H2,1H3,(H,33,36)(H2,32,34,35)/t25-,30-. The van der Waals surface area contributed by atoms with E-state index in [1.807, 2.05) is 60.8 Å². The van der Waals surface area contributed by atoms with Crippen LogP contribution in [0.4, 0.5) is 0 Å². The van der Waals surface area contributed by atoms with E-state index in [-0.39, 0.29) is 17.4 Å². The third kappa shape index (κ3) is 6.68. The molecular formula is C30H33N5O2. The Hall–Kier alpha value is -4.31. The van der Waals surface area contributed by atoms with Gasteiger partial charge in [-0.25, -0.2) is 0 Å². The highest BCUT2D eigenvalue weighted by molar-refractivity contribution is 5.97. The number of nitrogens with one attached hydrogen (secondary N) is 3. The number of nitriles is 1. The van der Waals surface area contributed by atoms with Gasteiger partial charge in [0.15, 0.2) is 0 Å². The molecule has 0 bridgehead atoms. The predicted molar refractivity (Wildman–Crippen MR) is 145 cm³/mol. The maximum atomic E-state index is 13.4. The minimum absolute atomic E-state index is 0.141. The highest BCUT2D eigenvalue weighted by Gasteiger charge is 2.37. The summed E-state index contributed by atoms with van der Waals surface area (Å²) >= 11 is 0. The van der Waals surface area contributed by atoms with E-state index in [9.17, 15) is 4.79 Å². The minimum Gasteiger partial charge on any atom is -0.488 e. The Kier molecular flexibility index (Phi) is 8.77. The van der Waals surface area contributed by atoms with Gasteiger partial charge >= 0.3 is 0 Å². The molecule has 3 aromatic carbocycles. The monoisotopic (exact) mass is 495 g/mol. The van der Waals surface area contributed by atoms with Crippen molar-refractivity contribution < 1.29 is 9.53 Å². The molecule has 0 aromatic heterocycles. The van der Waals surface area contributed by atoms with Crippen LogP contribution in [0.2, 0.25) is 0 Å². The summed E-state index contributed by atoms with van der Waals surface area (Å²) in [5, 5.41) is 18.4. The molecule has 7 heteroatoms. The molecule has 0 aliphatic heterocycles. The summed E-state index contributed by atoms with van der Waals surface area (Å²) in [6.07, 6.45) is 5.41. The van der Waals surface area contributed by atoms with Crippen LogP contribution in [0.1, 0.15) is 47.2 Å². The molecule has 3 N–H and O–H groups in total. The third-order valence-corrected chi connectivity index (χ3v) is 7.02. The van der Waals surface area contributed by atoms with Crippen LogP contribution in [0.5, 0.6) is 5.75 Å².